The molecule has 0 spiro atoms. The van der Waals surface area contributed by atoms with Gasteiger partial charge in [-0.2, -0.15) is 0 Å². The molecule has 0 atom stereocenters. The maximum Gasteiger partial charge on any atom is 0.237 e. The predicted octanol–water partition coefficient (Wildman–Crippen LogP) is 1.65. The molecule has 1 heterocycles. The van der Waals surface area contributed by atoms with Crippen molar-refractivity contribution in [1.29, 1.82) is 0 Å². The van der Waals surface area contributed by atoms with Gasteiger partial charge in [-0.05, 0) is 43.6 Å². The molecule has 0 aliphatic carbocycles. The highest BCUT2D eigenvalue weighted by Gasteiger charge is 2.24. The molecule has 98 valence electrons. The number of hydrogen-bond acceptors (Lipinski definition) is 3. The van der Waals surface area contributed by atoms with Gasteiger partial charge in [0, 0.05) is 16.9 Å². The molecule has 18 heavy (non-hydrogen) atoms. The average molecular weight is 312 g/mol. The lowest BCUT2D eigenvalue weighted by Crippen LogP contribution is -2.42. The Kier molecular flexibility index (Phi) is 4.74. The molecule has 0 radical (unpaired) electrons. The van der Waals surface area contributed by atoms with Gasteiger partial charge in [-0.1, -0.05) is 28.1 Å². The van der Waals surface area contributed by atoms with Gasteiger partial charge >= 0.3 is 0 Å². The fraction of sp³-hybridized carbons (Fsp3) is 0.462. The zero-order valence-corrected chi connectivity index (χ0v) is 11.8. The third kappa shape index (κ3) is 3.54. The number of halogens is 1. The largest absolute Gasteiger partial charge is 0.299 e. The van der Waals surface area contributed by atoms with Crippen molar-refractivity contribution >= 4 is 21.8 Å². The molecule has 1 aromatic rings. The lowest BCUT2D eigenvalue weighted by molar-refractivity contribution is -0.126. The lowest BCUT2D eigenvalue weighted by Gasteiger charge is -2.30. The summed E-state index contributed by atoms with van der Waals surface area (Å²) in [7, 11) is 0. The molecule has 1 aliphatic rings. The monoisotopic (exact) mass is 311 g/mol. The maximum atomic E-state index is 11.4. The van der Waals surface area contributed by atoms with Crippen molar-refractivity contribution in [3.05, 3.63) is 34.3 Å². The van der Waals surface area contributed by atoms with E-state index in [-0.39, 0.29) is 11.8 Å². The molecule has 1 aliphatic heterocycles. The number of nitrogens with zero attached hydrogens (tertiary/aromatic N) is 1. The second kappa shape index (κ2) is 6.31. The SMILES string of the molecule is NNC(=O)C1CCN(Cc2ccc(Br)cc2)CC1. The van der Waals surface area contributed by atoms with Crippen molar-refractivity contribution in [2.45, 2.75) is 19.4 Å². The van der Waals surface area contributed by atoms with Crippen LogP contribution < -0.4 is 11.3 Å². The van der Waals surface area contributed by atoms with Crippen LogP contribution in [0.1, 0.15) is 18.4 Å². The van der Waals surface area contributed by atoms with Crippen LogP contribution in [0.4, 0.5) is 0 Å². The minimum Gasteiger partial charge on any atom is -0.299 e. The van der Waals surface area contributed by atoms with Crippen LogP contribution >= 0.6 is 15.9 Å². The number of benzene rings is 1. The van der Waals surface area contributed by atoms with Crippen molar-refractivity contribution in [2.75, 3.05) is 13.1 Å². The van der Waals surface area contributed by atoms with E-state index >= 15 is 0 Å². The van der Waals surface area contributed by atoms with Crippen molar-refractivity contribution in [3.8, 4) is 0 Å². The predicted molar refractivity (Wildman–Crippen MR) is 74.5 cm³/mol. The van der Waals surface area contributed by atoms with Crippen LogP contribution in [0.25, 0.3) is 0 Å². The number of likely N-dealkylation sites (tertiary alicyclic amines) is 1. The molecule has 1 aromatic carbocycles. The van der Waals surface area contributed by atoms with E-state index < -0.39 is 0 Å². The van der Waals surface area contributed by atoms with Crippen LogP contribution in [0.15, 0.2) is 28.7 Å². The minimum absolute atomic E-state index is 0.0294. The number of nitrogens with one attached hydrogen (secondary N) is 1. The van der Waals surface area contributed by atoms with Gasteiger partial charge in [-0.3, -0.25) is 15.1 Å². The normalized spacial score (nSPS) is 17.7. The van der Waals surface area contributed by atoms with Crippen LogP contribution in [0, 0.1) is 5.92 Å². The summed E-state index contributed by atoms with van der Waals surface area (Å²) >= 11 is 3.43. The molecule has 0 saturated carbocycles. The highest BCUT2D eigenvalue weighted by molar-refractivity contribution is 9.10. The van der Waals surface area contributed by atoms with Crippen LogP contribution in [-0.4, -0.2) is 23.9 Å². The Hall–Kier alpha value is -0.910. The number of amides is 1. The highest BCUT2D eigenvalue weighted by Crippen LogP contribution is 2.19. The average Bonchev–Trinajstić information content (AvgIpc) is 2.41. The number of hydrazine groups is 1. The zero-order chi connectivity index (χ0) is 13.0. The summed E-state index contributed by atoms with van der Waals surface area (Å²) in [4.78, 5) is 13.8. The number of nitrogens with two attached hydrogens (primary N) is 1. The van der Waals surface area contributed by atoms with Crippen LogP contribution in [0.5, 0.6) is 0 Å². The van der Waals surface area contributed by atoms with Crippen LogP contribution in [0.3, 0.4) is 0 Å². The third-order valence-electron chi connectivity index (χ3n) is 3.42. The van der Waals surface area contributed by atoms with Crippen molar-refractivity contribution in [2.24, 2.45) is 11.8 Å². The molecule has 1 saturated heterocycles. The minimum atomic E-state index is -0.0294. The fourth-order valence-corrected chi connectivity index (χ4v) is 2.58. The van der Waals surface area contributed by atoms with E-state index in [0.717, 1.165) is 36.9 Å². The quantitative estimate of drug-likeness (QED) is 0.507. The van der Waals surface area contributed by atoms with Gasteiger partial charge < -0.3 is 0 Å². The summed E-state index contributed by atoms with van der Waals surface area (Å²) in [6.45, 7) is 2.85. The van der Waals surface area contributed by atoms with Crippen molar-refractivity contribution in [3.63, 3.8) is 0 Å². The molecule has 1 amide bonds. The Morgan fingerprint density at radius 1 is 1.33 bits per heavy atom. The van der Waals surface area contributed by atoms with Crippen molar-refractivity contribution < 1.29 is 4.79 Å². The van der Waals surface area contributed by atoms with Gasteiger partial charge in [0.2, 0.25) is 5.91 Å². The van der Waals surface area contributed by atoms with Gasteiger partial charge in [0.25, 0.3) is 0 Å². The number of piperidine rings is 1. The standard InChI is InChI=1S/C13H18BrN3O/c14-12-3-1-10(2-4-12)9-17-7-5-11(6-8-17)13(18)16-15/h1-4,11H,5-9,15H2,(H,16,18). The van der Waals surface area contributed by atoms with Gasteiger partial charge in [0.1, 0.15) is 0 Å². The summed E-state index contributed by atoms with van der Waals surface area (Å²) in [6.07, 6.45) is 1.78. The topological polar surface area (TPSA) is 58.4 Å². The molecule has 5 heteroatoms. The summed E-state index contributed by atoms with van der Waals surface area (Å²) in [5.41, 5.74) is 3.55. The first-order chi connectivity index (χ1) is 8.69. The number of carbonyl (C=O) groups excluding carboxylic acids is 1. The van der Waals surface area contributed by atoms with E-state index in [4.69, 9.17) is 5.84 Å². The maximum absolute atomic E-state index is 11.4. The summed E-state index contributed by atoms with van der Waals surface area (Å²) in [6, 6.07) is 8.37. The van der Waals surface area contributed by atoms with Crippen LogP contribution in [0.2, 0.25) is 0 Å². The first-order valence-corrected chi connectivity index (χ1v) is 6.95. The Labute approximate surface area is 116 Å². The fourth-order valence-electron chi connectivity index (χ4n) is 2.32. The number of carbonyl (C=O) groups is 1. The van der Waals surface area contributed by atoms with E-state index in [9.17, 15) is 4.79 Å². The number of hydrogen-bond donors (Lipinski definition) is 2. The van der Waals surface area contributed by atoms with Crippen LogP contribution in [-0.2, 0) is 11.3 Å². The molecule has 0 bridgehead atoms. The third-order valence-corrected chi connectivity index (χ3v) is 3.95. The molecule has 4 nitrogen and oxygen atoms in total. The van der Waals surface area contributed by atoms with Gasteiger partial charge in [0.05, 0.1) is 0 Å². The first-order valence-electron chi connectivity index (χ1n) is 6.16. The second-order valence-electron chi connectivity index (χ2n) is 4.69. The lowest BCUT2D eigenvalue weighted by atomic mass is 9.96. The summed E-state index contributed by atoms with van der Waals surface area (Å²) in [5.74, 6) is 5.21. The van der Waals surface area contributed by atoms with Crippen molar-refractivity contribution in [1.82, 2.24) is 10.3 Å². The van der Waals surface area contributed by atoms with E-state index in [2.05, 4.69) is 50.5 Å². The van der Waals surface area contributed by atoms with E-state index in [1.807, 2.05) is 0 Å². The van der Waals surface area contributed by atoms with E-state index in [0.29, 0.717) is 0 Å². The summed E-state index contributed by atoms with van der Waals surface area (Å²) in [5, 5.41) is 0. The van der Waals surface area contributed by atoms with E-state index in [1.54, 1.807) is 0 Å². The zero-order valence-electron chi connectivity index (χ0n) is 10.2. The Bertz CT molecular complexity index is 399. The molecule has 0 aromatic heterocycles. The van der Waals surface area contributed by atoms with E-state index in [1.165, 1.54) is 5.56 Å². The summed E-state index contributed by atoms with van der Waals surface area (Å²) < 4.78 is 1.10. The van der Waals surface area contributed by atoms with Gasteiger partial charge in [-0.25, -0.2) is 5.84 Å². The molecule has 0 unspecified atom stereocenters. The Morgan fingerprint density at radius 2 is 1.94 bits per heavy atom. The molecular formula is C13H18BrN3O. The highest BCUT2D eigenvalue weighted by atomic mass is 79.9. The number of rotatable bonds is 3. The first kappa shape index (κ1) is 13.5. The Morgan fingerprint density at radius 3 is 2.50 bits per heavy atom. The molecule has 3 N–H and O–H groups in total. The molecule has 1 fully saturated rings. The van der Waals surface area contributed by atoms with Gasteiger partial charge in [-0.15, -0.1) is 0 Å². The van der Waals surface area contributed by atoms with Gasteiger partial charge in [0.15, 0.2) is 0 Å². The Balaban J connectivity index is 1.83. The molecule has 2 rings (SSSR count). The smallest absolute Gasteiger partial charge is 0.237 e. The second-order valence-corrected chi connectivity index (χ2v) is 5.60. The molecular weight excluding hydrogens is 294 g/mol.